The normalized spacial score (nSPS) is 12.2. The number of hydrogen-bond acceptors (Lipinski definition) is 4. The van der Waals surface area contributed by atoms with Crippen LogP contribution in [0.25, 0.3) is 11.0 Å². The molecule has 2 aromatic carbocycles. The van der Waals surface area contributed by atoms with Crippen LogP contribution in [0, 0.1) is 0 Å². The fourth-order valence-electron chi connectivity index (χ4n) is 2.96. The molecule has 1 aromatic heterocycles. The number of para-hydroxylation sites is 2. The lowest BCUT2D eigenvalue weighted by atomic mass is 10.2. The van der Waals surface area contributed by atoms with Crippen molar-refractivity contribution in [2.24, 2.45) is 0 Å². The molecule has 3 aromatic rings. The van der Waals surface area contributed by atoms with Gasteiger partial charge in [0.2, 0.25) is 0 Å². The topological polar surface area (TPSA) is 56.5 Å². The van der Waals surface area contributed by atoms with Crippen LogP contribution in [0.2, 0.25) is 0 Å². The predicted molar refractivity (Wildman–Crippen MR) is 118 cm³/mol. The smallest absolute Gasteiger partial charge is 0.119 e. The second-order valence-electron chi connectivity index (χ2n) is 6.76. The van der Waals surface area contributed by atoms with Gasteiger partial charge in [-0.15, -0.1) is 12.4 Å². The van der Waals surface area contributed by atoms with Gasteiger partial charge in [0.25, 0.3) is 0 Å². The molecule has 0 spiro atoms. The Kier molecular flexibility index (Phi) is 8.76. The SMILES string of the molecule is CC(C)c1nc2ccccc2n1CC(O)COCCOc1ccc(Br)cc1.Cl. The van der Waals surface area contributed by atoms with Gasteiger partial charge in [0.1, 0.15) is 18.2 Å². The van der Waals surface area contributed by atoms with Crippen molar-refractivity contribution in [2.45, 2.75) is 32.4 Å². The molecule has 28 heavy (non-hydrogen) atoms. The van der Waals surface area contributed by atoms with E-state index >= 15 is 0 Å². The average molecular weight is 470 g/mol. The van der Waals surface area contributed by atoms with Gasteiger partial charge in [-0.05, 0) is 36.4 Å². The van der Waals surface area contributed by atoms with E-state index in [1.54, 1.807) is 0 Å². The molecule has 5 nitrogen and oxygen atoms in total. The highest BCUT2D eigenvalue weighted by Gasteiger charge is 2.16. The number of nitrogens with zero attached hydrogens (tertiary/aromatic N) is 2. The molecule has 0 fully saturated rings. The number of rotatable bonds is 9. The van der Waals surface area contributed by atoms with Crippen LogP contribution in [0.15, 0.2) is 53.0 Å². The van der Waals surface area contributed by atoms with Crippen LogP contribution in [0.5, 0.6) is 5.75 Å². The van der Waals surface area contributed by atoms with Gasteiger partial charge in [-0.1, -0.05) is 41.9 Å². The third kappa shape index (κ3) is 5.95. The summed E-state index contributed by atoms with van der Waals surface area (Å²) in [6.07, 6.45) is -0.604. The number of aromatic nitrogens is 2. The predicted octanol–water partition coefficient (Wildman–Crippen LogP) is 4.80. The summed E-state index contributed by atoms with van der Waals surface area (Å²) in [5.41, 5.74) is 2.00. The van der Waals surface area contributed by atoms with Crippen molar-refractivity contribution in [1.29, 1.82) is 0 Å². The summed E-state index contributed by atoms with van der Waals surface area (Å²) in [6, 6.07) is 15.7. The first-order valence-corrected chi connectivity index (χ1v) is 9.93. The van der Waals surface area contributed by atoms with Crippen molar-refractivity contribution in [1.82, 2.24) is 9.55 Å². The number of hydrogen-bond donors (Lipinski definition) is 1. The monoisotopic (exact) mass is 468 g/mol. The zero-order valence-corrected chi connectivity index (χ0v) is 18.4. The van der Waals surface area contributed by atoms with E-state index in [-0.39, 0.29) is 24.9 Å². The Bertz CT molecular complexity index is 868. The number of ether oxygens (including phenoxy) is 2. The molecule has 0 aliphatic rings. The summed E-state index contributed by atoms with van der Waals surface area (Å²) in [4.78, 5) is 4.70. The molecule has 0 aliphatic carbocycles. The van der Waals surface area contributed by atoms with Crippen molar-refractivity contribution in [3.63, 3.8) is 0 Å². The molecule has 3 rings (SSSR count). The Balaban J connectivity index is 0.00000280. The summed E-state index contributed by atoms with van der Waals surface area (Å²) in [7, 11) is 0. The fourth-order valence-corrected chi connectivity index (χ4v) is 3.22. The lowest BCUT2D eigenvalue weighted by Crippen LogP contribution is -2.24. The highest BCUT2D eigenvalue weighted by atomic mass is 79.9. The quantitative estimate of drug-likeness (QED) is 0.457. The van der Waals surface area contributed by atoms with Crippen LogP contribution in [0.3, 0.4) is 0 Å². The van der Waals surface area contributed by atoms with Crippen LogP contribution < -0.4 is 4.74 Å². The molecular formula is C21H26BrClN2O3. The molecule has 7 heteroatoms. The second-order valence-corrected chi connectivity index (χ2v) is 7.67. The highest BCUT2D eigenvalue weighted by molar-refractivity contribution is 9.10. The first kappa shape index (κ1) is 22.7. The second kappa shape index (κ2) is 10.8. The van der Waals surface area contributed by atoms with Gasteiger partial charge in [-0.25, -0.2) is 4.98 Å². The zero-order valence-electron chi connectivity index (χ0n) is 16.0. The molecule has 1 atom stereocenters. The Morgan fingerprint density at radius 2 is 1.79 bits per heavy atom. The molecular weight excluding hydrogens is 444 g/mol. The maximum absolute atomic E-state index is 10.4. The average Bonchev–Trinajstić information content (AvgIpc) is 3.02. The molecule has 0 bridgehead atoms. The van der Waals surface area contributed by atoms with E-state index < -0.39 is 6.10 Å². The van der Waals surface area contributed by atoms with Gasteiger partial charge in [0.15, 0.2) is 0 Å². The van der Waals surface area contributed by atoms with Crippen molar-refractivity contribution in [2.75, 3.05) is 19.8 Å². The number of halogens is 2. The first-order valence-electron chi connectivity index (χ1n) is 9.14. The number of aliphatic hydroxyl groups excluding tert-OH is 1. The minimum Gasteiger partial charge on any atom is -0.491 e. The van der Waals surface area contributed by atoms with E-state index in [1.165, 1.54) is 0 Å². The van der Waals surface area contributed by atoms with Gasteiger partial charge >= 0.3 is 0 Å². The molecule has 152 valence electrons. The van der Waals surface area contributed by atoms with E-state index in [0.29, 0.717) is 19.8 Å². The third-order valence-electron chi connectivity index (χ3n) is 4.21. The van der Waals surface area contributed by atoms with E-state index in [4.69, 9.17) is 14.5 Å². The van der Waals surface area contributed by atoms with Crippen molar-refractivity contribution < 1.29 is 14.6 Å². The summed E-state index contributed by atoms with van der Waals surface area (Å²) in [5, 5.41) is 10.4. The standard InChI is InChI=1S/C21H25BrN2O3.ClH/c1-15(2)21-23-19-5-3-4-6-20(19)24(21)13-17(25)14-26-11-12-27-18-9-7-16(22)8-10-18;/h3-10,15,17,25H,11-14H2,1-2H3;1H. The molecule has 0 saturated carbocycles. The van der Waals surface area contributed by atoms with Crippen LogP contribution in [0.4, 0.5) is 0 Å². The lowest BCUT2D eigenvalue weighted by molar-refractivity contribution is 0.0174. The summed E-state index contributed by atoms with van der Waals surface area (Å²) in [5.74, 6) is 2.06. The first-order chi connectivity index (χ1) is 13.0. The van der Waals surface area contributed by atoms with Gasteiger partial charge in [-0.2, -0.15) is 0 Å². The molecule has 1 unspecified atom stereocenters. The molecule has 1 N–H and O–H groups in total. The lowest BCUT2D eigenvalue weighted by Gasteiger charge is -2.16. The molecule has 0 amide bonds. The van der Waals surface area contributed by atoms with Gasteiger partial charge in [0.05, 0.1) is 36.9 Å². The van der Waals surface area contributed by atoms with Crippen molar-refractivity contribution in [3.8, 4) is 5.75 Å². The maximum atomic E-state index is 10.4. The van der Waals surface area contributed by atoms with E-state index in [0.717, 1.165) is 27.1 Å². The minimum atomic E-state index is -0.604. The third-order valence-corrected chi connectivity index (χ3v) is 4.74. The number of aliphatic hydroxyl groups is 1. The molecule has 0 radical (unpaired) electrons. The molecule has 0 aliphatic heterocycles. The fraction of sp³-hybridized carbons (Fsp3) is 0.381. The van der Waals surface area contributed by atoms with Crippen LogP contribution in [0.1, 0.15) is 25.6 Å². The Morgan fingerprint density at radius 3 is 2.50 bits per heavy atom. The highest BCUT2D eigenvalue weighted by Crippen LogP contribution is 2.22. The molecule has 1 heterocycles. The number of imidazole rings is 1. The van der Waals surface area contributed by atoms with Gasteiger partial charge < -0.3 is 19.1 Å². The summed E-state index contributed by atoms with van der Waals surface area (Å²) >= 11 is 3.39. The number of benzene rings is 2. The Labute approximate surface area is 180 Å². The van der Waals surface area contributed by atoms with Crippen molar-refractivity contribution in [3.05, 3.63) is 58.8 Å². The van der Waals surface area contributed by atoms with Crippen LogP contribution in [-0.2, 0) is 11.3 Å². The largest absolute Gasteiger partial charge is 0.491 e. The Morgan fingerprint density at radius 1 is 1.07 bits per heavy atom. The zero-order chi connectivity index (χ0) is 19.2. The maximum Gasteiger partial charge on any atom is 0.119 e. The number of fused-ring (bicyclic) bond motifs is 1. The summed E-state index contributed by atoms with van der Waals surface area (Å²) < 4.78 is 14.3. The van der Waals surface area contributed by atoms with E-state index in [9.17, 15) is 5.11 Å². The van der Waals surface area contributed by atoms with E-state index in [2.05, 4.69) is 34.3 Å². The van der Waals surface area contributed by atoms with Crippen LogP contribution >= 0.6 is 28.3 Å². The minimum absolute atomic E-state index is 0. The Hall–Kier alpha value is -1.60. The van der Waals surface area contributed by atoms with E-state index in [1.807, 2.05) is 48.5 Å². The van der Waals surface area contributed by atoms with Gasteiger partial charge in [0, 0.05) is 10.4 Å². The van der Waals surface area contributed by atoms with Crippen molar-refractivity contribution >= 4 is 39.4 Å². The summed E-state index contributed by atoms with van der Waals surface area (Å²) in [6.45, 7) is 5.81. The van der Waals surface area contributed by atoms with Crippen LogP contribution in [-0.4, -0.2) is 40.6 Å². The molecule has 0 saturated heterocycles. The van der Waals surface area contributed by atoms with Gasteiger partial charge in [-0.3, -0.25) is 0 Å².